The summed E-state index contributed by atoms with van der Waals surface area (Å²) in [5, 5.41) is 0. The van der Waals surface area contributed by atoms with Crippen LogP contribution in [0, 0.1) is 0 Å². The van der Waals surface area contributed by atoms with E-state index in [4.69, 9.17) is 14.2 Å². The van der Waals surface area contributed by atoms with E-state index in [-0.39, 0.29) is 31.1 Å². The molecule has 0 saturated carbocycles. The molecule has 0 amide bonds. The van der Waals surface area contributed by atoms with Crippen molar-refractivity contribution >= 4 is 17.9 Å². The molecule has 0 unspecified atom stereocenters. The Morgan fingerprint density at radius 2 is 0.493 bits per heavy atom. The van der Waals surface area contributed by atoms with Gasteiger partial charge in [-0.25, -0.2) is 0 Å². The van der Waals surface area contributed by atoms with Gasteiger partial charge in [-0.3, -0.25) is 14.4 Å². The van der Waals surface area contributed by atoms with Crippen LogP contribution in [0.2, 0.25) is 0 Å². The topological polar surface area (TPSA) is 78.9 Å². The second-order valence-corrected chi connectivity index (χ2v) is 21.0. The number of unbranched alkanes of at least 4 members (excludes halogenated alkanes) is 34. The first kappa shape index (κ1) is 69.8. The van der Waals surface area contributed by atoms with Crippen molar-refractivity contribution < 1.29 is 28.6 Å². The predicted molar refractivity (Wildman–Crippen MR) is 316 cm³/mol. The van der Waals surface area contributed by atoms with E-state index >= 15 is 0 Å². The molecule has 0 rings (SSSR count). The van der Waals surface area contributed by atoms with Crippen molar-refractivity contribution in [1.82, 2.24) is 0 Å². The fraction of sp³-hybridized carbons (Fsp3) is 0.776. The van der Waals surface area contributed by atoms with Crippen molar-refractivity contribution in [3.63, 3.8) is 0 Å². The molecule has 0 aromatic rings. The maximum atomic E-state index is 12.9. The average molecular weight is 1020 g/mol. The lowest BCUT2D eigenvalue weighted by Crippen LogP contribution is -2.30. The summed E-state index contributed by atoms with van der Waals surface area (Å²) in [7, 11) is 0. The summed E-state index contributed by atoms with van der Waals surface area (Å²) in [5.74, 6) is -0.904. The Kier molecular flexibility index (Phi) is 58.7. The molecule has 0 aromatic carbocycles. The molecule has 0 aliphatic rings. The highest BCUT2D eigenvalue weighted by Crippen LogP contribution is 2.16. The quantitative estimate of drug-likeness (QED) is 0.0261. The highest BCUT2D eigenvalue weighted by Gasteiger charge is 2.19. The molecule has 0 bridgehead atoms. The maximum Gasteiger partial charge on any atom is 0.306 e. The first-order valence-electron chi connectivity index (χ1n) is 31.4. The van der Waals surface area contributed by atoms with E-state index in [2.05, 4.69) is 93.7 Å². The molecule has 1 atom stereocenters. The lowest BCUT2D eigenvalue weighted by Gasteiger charge is -2.18. The van der Waals surface area contributed by atoms with Crippen LogP contribution in [0.25, 0.3) is 0 Å². The van der Waals surface area contributed by atoms with Gasteiger partial charge in [0.05, 0.1) is 0 Å². The molecule has 6 nitrogen and oxygen atoms in total. The van der Waals surface area contributed by atoms with Crippen molar-refractivity contribution in [3.05, 3.63) is 72.9 Å². The lowest BCUT2D eigenvalue weighted by molar-refractivity contribution is -0.167. The van der Waals surface area contributed by atoms with Gasteiger partial charge in [0.1, 0.15) is 13.2 Å². The Morgan fingerprint density at radius 1 is 0.274 bits per heavy atom. The van der Waals surface area contributed by atoms with Crippen molar-refractivity contribution in [3.8, 4) is 0 Å². The minimum Gasteiger partial charge on any atom is -0.462 e. The molecule has 0 aliphatic heterocycles. The summed E-state index contributed by atoms with van der Waals surface area (Å²) in [6, 6.07) is 0. The standard InChI is InChI=1S/C67H118O6/c1-4-7-10-13-16-19-22-25-28-31-32-33-34-37-39-42-45-48-51-54-57-60-66(69)72-63-64(73-67(70)61-58-55-52-49-46-43-40-36-30-27-24-21-18-15-12-9-6-3)62-71-65(68)59-56-53-50-47-44-41-38-35-29-26-23-20-17-14-11-8-5-2/h17-18,20-21,25-30,40,43,64H,4-16,19,22-24,31-39,41-42,44-63H2,1-3H3/b20-17-,21-18-,28-25-,29-26-,30-27-,43-40-/t64-/m1/s1. The molecular weight excluding hydrogens is 901 g/mol. The van der Waals surface area contributed by atoms with Crippen LogP contribution in [0.4, 0.5) is 0 Å². The molecule has 0 aromatic heterocycles. The van der Waals surface area contributed by atoms with Gasteiger partial charge in [-0.15, -0.1) is 0 Å². The number of allylic oxidation sites excluding steroid dienone is 12. The normalized spacial score (nSPS) is 12.5. The van der Waals surface area contributed by atoms with Gasteiger partial charge < -0.3 is 14.2 Å². The Morgan fingerprint density at radius 3 is 0.808 bits per heavy atom. The predicted octanol–water partition coefficient (Wildman–Crippen LogP) is 21.3. The molecule has 422 valence electrons. The van der Waals surface area contributed by atoms with Gasteiger partial charge in [-0.1, -0.05) is 254 Å². The summed E-state index contributed by atoms with van der Waals surface area (Å²) >= 11 is 0. The highest BCUT2D eigenvalue weighted by molar-refractivity contribution is 5.71. The number of hydrogen-bond acceptors (Lipinski definition) is 6. The molecular formula is C67H118O6. The minimum atomic E-state index is -0.792. The SMILES string of the molecule is CCCCC/C=C\C/C=C\C/C=C\CCCCCCC(=O)O[C@H](COC(=O)CCCCCCCCC/C=C\C/C=C\CCCCC)COC(=O)CCCCCCCCCCCCC/C=C\CCCCCCCC. The Bertz CT molecular complexity index is 1360. The summed E-state index contributed by atoms with van der Waals surface area (Å²) in [6.07, 6.45) is 78.9. The summed E-state index contributed by atoms with van der Waals surface area (Å²) in [6.45, 7) is 6.59. The summed E-state index contributed by atoms with van der Waals surface area (Å²) in [4.78, 5) is 38.3. The minimum absolute atomic E-state index is 0.0863. The summed E-state index contributed by atoms with van der Waals surface area (Å²) in [5.41, 5.74) is 0. The lowest BCUT2D eigenvalue weighted by atomic mass is 10.0. The second kappa shape index (κ2) is 61.4. The first-order chi connectivity index (χ1) is 36.0. The van der Waals surface area contributed by atoms with E-state index in [9.17, 15) is 14.4 Å². The van der Waals surface area contributed by atoms with Crippen LogP contribution in [-0.4, -0.2) is 37.2 Å². The Hall–Kier alpha value is -3.15. The zero-order valence-electron chi connectivity index (χ0n) is 48.4. The fourth-order valence-electron chi connectivity index (χ4n) is 8.89. The number of hydrogen-bond donors (Lipinski definition) is 0. The zero-order chi connectivity index (χ0) is 52.9. The van der Waals surface area contributed by atoms with E-state index in [1.165, 1.54) is 180 Å². The van der Waals surface area contributed by atoms with Crippen molar-refractivity contribution in [1.29, 1.82) is 0 Å². The van der Waals surface area contributed by atoms with E-state index in [1.807, 2.05) is 0 Å². The maximum absolute atomic E-state index is 12.9. The fourth-order valence-corrected chi connectivity index (χ4v) is 8.89. The van der Waals surface area contributed by atoms with Gasteiger partial charge in [0.25, 0.3) is 0 Å². The second-order valence-electron chi connectivity index (χ2n) is 21.0. The van der Waals surface area contributed by atoms with Crippen molar-refractivity contribution in [2.24, 2.45) is 0 Å². The van der Waals surface area contributed by atoms with Gasteiger partial charge in [0, 0.05) is 19.3 Å². The van der Waals surface area contributed by atoms with Crippen LogP contribution in [0.3, 0.4) is 0 Å². The Balaban J connectivity index is 4.39. The van der Waals surface area contributed by atoms with E-state index in [0.717, 1.165) is 96.3 Å². The molecule has 0 saturated heterocycles. The van der Waals surface area contributed by atoms with Crippen LogP contribution in [-0.2, 0) is 28.6 Å². The van der Waals surface area contributed by atoms with E-state index in [1.54, 1.807) is 0 Å². The van der Waals surface area contributed by atoms with Gasteiger partial charge in [0.2, 0.25) is 0 Å². The molecule has 0 spiro atoms. The number of rotatable bonds is 57. The monoisotopic (exact) mass is 1020 g/mol. The molecule has 6 heteroatoms. The van der Waals surface area contributed by atoms with E-state index < -0.39 is 6.10 Å². The molecule has 0 fully saturated rings. The zero-order valence-corrected chi connectivity index (χ0v) is 48.4. The van der Waals surface area contributed by atoms with Crippen LogP contribution in [0.1, 0.15) is 316 Å². The highest BCUT2D eigenvalue weighted by atomic mass is 16.6. The van der Waals surface area contributed by atoms with Crippen LogP contribution in [0.5, 0.6) is 0 Å². The number of ether oxygens (including phenoxy) is 3. The van der Waals surface area contributed by atoms with E-state index in [0.29, 0.717) is 19.3 Å². The average Bonchev–Trinajstić information content (AvgIpc) is 3.39. The van der Waals surface area contributed by atoms with Crippen LogP contribution in [0.15, 0.2) is 72.9 Å². The van der Waals surface area contributed by atoms with Gasteiger partial charge in [0.15, 0.2) is 6.10 Å². The third-order valence-corrected chi connectivity index (χ3v) is 13.7. The van der Waals surface area contributed by atoms with Gasteiger partial charge in [-0.05, 0) is 116 Å². The van der Waals surface area contributed by atoms with Crippen LogP contribution < -0.4 is 0 Å². The first-order valence-corrected chi connectivity index (χ1v) is 31.4. The molecule has 0 heterocycles. The Labute approximate surface area is 453 Å². The van der Waals surface area contributed by atoms with Gasteiger partial charge in [-0.2, -0.15) is 0 Å². The van der Waals surface area contributed by atoms with Crippen molar-refractivity contribution in [2.75, 3.05) is 13.2 Å². The van der Waals surface area contributed by atoms with Crippen LogP contribution >= 0.6 is 0 Å². The third kappa shape index (κ3) is 59.6. The summed E-state index contributed by atoms with van der Waals surface area (Å²) < 4.78 is 16.9. The molecule has 0 N–H and O–H groups in total. The molecule has 0 radical (unpaired) electrons. The number of carbonyl (C=O) groups excluding carboxylic acids is 3. The number of esters is 3. The molecule has 73 heavy (non-hydrogen) atoms. The largest absolute Gasteiger partial charge is 0.462 e. The number of carbonyl (C=O) groups is 3. The smallest absolute Gasteiger partial charge is 0.306 e. The van der Waals surface area contributed by atoms with Gasteiger partial charge >= 0.3 is 17.9 Å². The van der Waals surface area contributed by atoms with Crippen molar-refractivity contribution in [2.45, 2.75) is 322 Å². The molecule has 0 aliphatic carbocycles. The third-order valence-electron chi connectivity index (χ3n) is 13.7.